The number of nitrogens with zero attached hydrogens (tertiary/aromatic N) is 2. The molecule has 0 saturated heterocycles. The Hall–Kier alpha value is -1.64. The van der Waals surface area contributed by atoms with E-state index in [-0.39, 0.29) is 17.7 Å². The maximum absolute atomic E-state index is 11.8. The fourth-order valence-electron chi connectivity index (χ4n) is 2.70. The van der Waals surface area contributed by atoms with E-state index in [1.807, 2.05) is 31.2 Å². The van der Waals surface area contributed by atoms with Crippen LogP contribution in [0.5, 0.6) is 0 Å². The zero-order chi connectivity index (χ0) is 22.1. The van der Waals surface area contributed by atoms with Gasteiger partial charge in [-0.25, -0.2) is 12.7 Å². The first-order chi connectivity index (χ1) is 13.5. The second kappa shape index (κ2) is 11.5. The van der Waals surface area contributed by atoms with Crippen molar-refractivity contribution < 1.29 is 13.5 Å². The van der Waals surface area contributed by atoms with E-state index in [2.05, 4.69) is 36.4 Å². The summed E-state index contributed by atoms with van der Waals surface area (Å²) in [7, 11) is -1.55. The van der Waals surface area contributed by atoms with Gasteiger partial charge in [0, 0.05) is 26.7 Å². The Bertz CT molecular complexity index is 740. The Morgan fingerprint density at radius 2 is 1.79 bits per heavy atom. The number of benzene rings is 1. The van der Waals surface area contributed by atoms with Crippen LogP contribution in [0.2, 0.25) is 0 Å². The lowest BCUT2D eigenvalue weighted by atomic mass is 9.86. The molecule has 1 aromatic carbocycles. The van der Waals surface area contributed by atoms with E-state index in [1.54, 1.807) is 14.0 Å². The molecule has 0 heterocycles. The second-order valence-electron chi connectivity index (χ2n) is 8.11. The van der Waals surface area contributed by atoms with Crippen LogP contribution in [0.1, 0.15) is 58.3 Å². The van der Waals surface area contributed by atoms with Crippen molar-refractivity contribution in [1.29, 1.82) is 0 Å². The van der Waals surface area contributed by atoms with Crippen LogP contribution < -0.4 is 10.6 Å². The summed E-state index contributed by atoms with van der Waals surface area (Å²) >= 11 is 0. The summed E-state index contributed by atoms with van der Waals surface area (Å²) < 4.78 is 24.9. The summed E-state index contributed by atoms with van der Waals surface area (Å²) in [5.41, 5.74) is 2.14. The molecule has 7 nitrogen and oxygen atoms in total. The molecule has 0 aliphatic rings. The van der Waals surface area contributed by atoms with Gasteiger partial charge >= 0.3 is 0 Å². The van der Waals surface area contributed by atoms with Gasteiger partial charge in [-0.1, -0.05) is 45.0 Å². The number of rotatable bonds is 10. The highest BCUT2D eigenvalue weighted by molar-refractivity contribution is 7.89. The molecule has 0 radical (unpaired) electrons. The van der Waals surface area contributed by atoms with E-state index >= 15 is 0 Å². The number of aliphatic hydroxyl groups excluding tert-OH is 1. The molecule has 0 bridgehead atoms. The van der Waals surface area contributed by atoms with Crippen LogP contribution in [0, 0.1) is 0 Å². The van der Waals surface area contributed by atoms with Gasteiger partial charge in [0.25, 0.3) is 0 Å². The quantitative estimate of drug-likeness (QED) is 0.303. The number of hydrogen-bond acceptors (Lipinski definition) is 4. The van der Waals surface area contributed by atoms with Crippen molar-refractivity contribution >= 4 is 16.0 Å². The van der Waals surface area contributed by atoms with E-state index in [0.29, 0.717) is 32.0 Å². The Labute approximate surface area is 176 Å². The van der Waals surface area contributed by atoms with Crippen LogP contribution in [0.15, 0.2) is 29.3 Å². The predicted octanol–water partition coefficient (Wildman–Crippen LogP) is 2.24. The van der Waals surface area contributed by atoms with Gasteiger partial charge < -0.3 is 15.7 Å². The molecule has 0 aliphatic carbocycles. The first-order valence-electron chi connectivity index (χ1n) is 10.3. The minimum absolute atomic E-state index is 0.0777. The van der Waals surface area contributed by atoms with Crippen molar-refractivity contribution in [3.05, 3.63) is 35.4 Å². The largest absolute Gasteiger partial charge is 0.386 e. The summed E-state index contributed by atoms with van der Waals surface area (Å²) in [6, 6.07) is 8.00. The van der Waals surface area contributed by atoms with Crippen molar-refractivity contribution in [2.24, 2.45) is 4.99 Å². The zero-order valence-corrected chi connectivity index (χ0v) is 19.5. The summed E-state index contributed by atoms with van der Waals surface area (Å²) in [4.78, 5) is 4.46. The topological polar surface area (TPSA) is 94.0 Å². The number of nitrogens with one attached hydrogen (secondary N) is 2. The second-order valence-corrected chi connectivity index (χ2v) is 10.5. The van der Waals surface area contributed by atoms with Crippen LogP contribution in [0.3, 0.4) is 0 Å². The molecule has 3 N–H and O–H groups in total. The Balaban J connectivity index is 2.58. The van der Waals surface area contributed by atoms with Gasteiger partial charge in [0.2, 0.25) is 10.0 Å². The highest BCUT2D eigenvalue weighted by Crippen LogP contribution is 2.24. The van der Waals surface area contributed by atoms with E-state index < -0.39 is 16.1 Å². The van der Waals surface area contributed by atoms with Crippen LogP contribution in [-0.4, -0.2) is 62.8 Å². The zero-order valence-electron chi connectivity index (χ0n) is 18.7. The standard InChI is InChI=1S/C21H38N4O3S/c1-7-22-20(23-14-9-15-25(6)29(27,28)8-2)24-16-19(26)17-10-12-18(13-11-17)21(3,4)5/h10-13,19,26H,7-9,14-16H2,1-6H3,(H2,22,23,24). The maximum atomic E-state index is 11.8. The average Bonchev–Trinajstić information content (AvgIpc) is 2.68. The maximum Gasteiger partial charge on any atom is 0.213 e. The molecule has 0 saturated carbocycles. The van der Waals surface area contributed by atoms with E-state index in [0.717, 1.165) is 5.56 Å². The summed E-state index contributed by atoms with van der Waals surface area (Å²) in [6.45, 7) is 12.1. The molecule has 0 amide bonds. The summed E-state index contributed by atoms with van der Waals surface area (Å²) in [5.74, 6) is 0.717. The smallest absolute Gasteiger partial charge is 0.213 e. The lowest BCUT2D eigenvalue weighted by molar-refractivity contribution is 0.187. The average molecular weight is 427 g/mol. The van der Waals surface area contributed by atoms with Crippen LogP contribution >= 0.6 is 0 Å². The van der Waals surface area contributed by atoms with E-state index in [1.165, 1.54) is 9.87 Å². The number of hydrogen-bond donors (Lipinski definition) is 3. The third kappa shape index (κ3) is 8.72. The molecular formula is C21H38N4O3S. The lowest BCUT2D eigenvalue weighted by Gasteiger charge is -2.20. The molecule has 0 aliphatic heterocycles. The molecular weight excluding hydrogens is 388 g/mol. The van der Waals surface area contributed by atoms with Crippen molar-refractivity contribution in [3.63, 3.8) is 0 Å². The van der Waals surface area contributed by atoms with Crippen molar-refractivity contribution in [3.8, 4) is 0 Å². The van der Waals surface area contributed by atoms with Crippen molar-refractivity contribution in [2.75, 3.05) is 39.0 Å². The first kappa shape index (κ1) is 25.4. The van der Waals surface area contributed by atoms with E-state index in [4.69, 9.17) is 0 Å². The Kier molecular flexibility index (Phi) is 10.1. The van der Waals surface area contributed by atoms with Gasteiger partial charge in [-0.3, -0.25) is 4.99 Å². The van der Waals surface area contributed by atoms with Crippen LogP contribution in [0.25, 0.3) is 0 Å². The molecule has 1 aromatic rings. The molecule has 29 heavy (non-hydrogen) atoms. The van der Waals surface area contributed by atoms with Crippen LogP contribution in [0.4, 0.5) is 0 Å². The SMILES string of the molecule is CCNC(=NCC(O)c1ccc(C(C)(C)C)cc1)NCCCN(C)S(=O)(=O)CC. The molecule has 1 unspecified atom stereocenters. The Morgan fingerprint density at radius 3 is 2.31 bits per heavy atom. The first-order valence-corrected chi connectivity index (χ1v) is 11.9. The Morgan fingerprint density at radius 1 is 1.17 bits per heavy atom. The van der Waals surface area contributed by atoms with Gasteiger partial charge in [0.05, 0.1) is 18.4 Å². The molecule has 1 rings (SSSR count). The van der Waals surface area contributed by atoms with Crippen LogP contribution in [-0.2, 0) is 15.4 Å². The van der Waals surface area contributed by atoms with Gasteiger partial charge in [0.1, 0.15) is 0 Å². The predicted molar refractivity (Wildman–Crippen MR) is 121 cm³/mol. The molecule has 0 fully saturated rings. The normalized spacial score (nSPS) is 14.1. The molecule has 0 aromatic heterocycles. The molecule has 8 heteroatoms. The highest BCUT2D eigenvalue weighted by atomic mass is 32.2. The fourth-order valence-corrected chi connectivity index (χ4v) is 3.55. The van der Waals surface area contributed by atoms with Gasteiger partial charge in [-0.2, -0.15) is 0 Å². The lowest BCUT2D eigenvalue weighted by Crippen LogP contribution is -2.39. The summed E-state index contributed by atoms with van der Waals surface area (Å²) in [6.07, 6.45) is -0.0166. The summed E-state index contributed by atoms with van der Waals surface area (Å²) in [5, 5.41) is 16.8. The minimum atomic E-state index is -3.15. The van der Waals surface area contributed by atoms with Gasteiger partial charge in [-0.05, 0) is 36.8 Å². The third-order valence-electron chi connectivity index (χ3n) is 4.71. The number of aliphatic hydroxyl groups is 1. The number of guanidine groups is 1. The fraction of sp³-hybridized carbons (Fsp3) is 0.667. The minimum Gasteiger partial charge on any atom is -0.386 e. The third-order valence-corrected chi connectivity index (χ3v) is 6.57. The number of sulfonamides is 1. The number of aliphatic imine (C=N–C) groups is 1. The van der Waals surface area contributed by atoms with Crippen molar-refractivity contribution in [2.45, 2.75) is 52.6 Å². The van der Waals surface area contributed by atoms with Gasteiger partial charge in [0.15, 0.2) is 5.96 Å². The van der Waals surface area contributed by atoms with Crippen molar-refractivity contribution in [1.82, 2.24) is 14.9 Å². The highest BCUT2D eigenvalue weighted by Gasteiger charge is 2.15. The molecule has 166 valence electrons. The molecule has 0 spiro atoms. The molecule has 1 atom stereocenters. The van der Waals surface area contributed by atoms with Gasteiger partial charge in [-0.15, -0.1) is 0 Å². The monoisotopic (exact) mass is 426 g/mol. The van der Waals surface area contributed by atoms with E-state index in [9.17, 15) is 13.5 Å².